The van der Waals surface area contributed by atoms with E-state index in [1.807, 2.05) is 18.2 Å². The molecule has 1 aliphatic heterocycles. The SMILES string of the molecule is CC(C)(O)c1nnc(-c2cnc(Nc3ccc4c(n3)CNC4=O)nc2N[C@H](CF)c2ccccc2)o1. The summed E-state index contributed by atoms with van der Waals surface area (Å²) in [4.78, 5) is 25.1. The van der Waals surface area contributed by atoms with Gasteiger partial charge in [0.05, 0.1) is 29.4 Å². The molecule has 1 aliphatic rings. The molecule has 184 valence electrons. The molecule has 0 bridgehead atoms. The third-order valence-corrected chi connectivity index (χ3v) is 5.51. The van der Waals surface area contributed by atoms with E-state index in [-0.39, 0.29) is 29.5 Å². The molecule has 11 nitrogen and oxygen atoms in total. The number of rotatable bonds is 8. The predicted molar refractivity (Wildman–Crippen MR) is 128 cm³/mol. The van der Waals surface area contributed by atoms with Crippen LogP contribution in [0.1, 0.15) is 47.4 Å². The summed E-state index contributed by atoms with van der Waals surface area (Å²) in [6, 6.07) is 11.7. The van der Waals surface area contributed by atoms with E-state index in [0.29, 0.717) is 29.2 Å². The molecule has 0 saturated carbocycles. The zero-order valence-corrected chi connectivity index (χ0v) is 19.5. The van der Waals surface area contributed by atoms with Gasteiger partial charge in [0.15, 0.2) is 0 Å². The van der Waals surface area contributed by atoms with Gasteiger partial charge in [-0.3, -0.25) is 4.79 Å². The molecular formula is C24H23FN8O3. The highest BCUT2D eigenvalue weighted by Gasteiger charge is 2.26. The number of fused-ring (bicyclic) bond motifs is 1. The summed E-state index contributed by atoms with van der Waals surface area (Å²) in [6.45, 7) is 2.68. The highest BCUT2D eigenvalue weighted by atomic mass is 19.1. The van der Waals surface area contributed by atoms with Gasteiger partial charge in [0.25, 0.3) is 11.8 Å². The minimum atomic E-state index is -1.35. The average molecular weight is 490 g/mol. The number of pyridine rings is 1. The van der Waals surface area contributed by atoms with Gasteiger partial charge in [-0.1, -0.05) is 30.3 Å². The smallest absolute Gasteiger partial charge is 0.253 e. The van der Waals surface area contributed by atoms with Gasteiger partial charge in [-0.25, -0.2) is 14.4 Å². The Labute approximate surface area is 205 Å². The van der Waals surface area contributed by atoms with Crippen LogP contribution in [0, 0.1) is 0 Å². The van der Waals surface area contributed by atoms with Crippen molar-refractivity contribution in [3.05, 3.63) is 71.4 Å². The topological polar surface area (TPSA) is 151 Å². The Hall–Kier alpha value is -4.45. The highest BCUT2D eigenvalue weighted by Crippen LogP contribution is 2.31. The lowest BCUT2D eigenvalue weighted by molar-refractivity contribution is 0.0488. The fourth-order valence-electron chi connectivity index (χ4n) is 3.64. The molecule has 36 heavy (non-hydrogen) atoms. The maximum atomic E-state index is 14.1. The zero-order chi connectivity index (χ0) is 25.3. The van der Waals surface area contributed by atoms with Crippen molar-refractivity contribution in [2.45, 2.75) is 32.0 Å². The number of anilines is 3. The molecule has 12 heteroatoms. The fourth-order valence-corrected chi connectivity index (χ4v) is 3.64. The molecule has 0 fully saturated rings. The lowest BCUT2D eigenvalue weighted by Crippen LogP contribution is -2.16. The number of amides is 1. The Kier molecular flexibility index (Phi) is 6.02. The van der Waals surface area contributed by atoms with Gasteiger partial charge in [0.2, 0.25) is 11.8 Å². The molecule has 5 rings (SSSR count). The summed E-state index contributed by atoms with van der Waals surface area (Å²) in [5, 5.41) is 27.0. The quantitative estimate of drug-likeness (QED) is 0.290. The molecule has 4 N–H and O–H groups in total. The second kappa shape index (κ2) is 9.30. The number of nitrogens with zero attached hydrogens (tertiary/aromatic N) is 5. The summed E-state index contributed by atoms with van der Waals surface area (Å²) < 4.78 is 19.7. The van der Waals surface area contributed by atoms with Crippen LogP contribution in [-0.2, 0) is 12.1 Å². The molecule has 3 aromatic heterocycles. The van der Waals surface area contributed by atoms with E-state index in [1.165, 1.54) is 20.0 Å². The normalized spacial score (nSPS) is 13.7. The zero-order valence-electron chi connectivity index (χ0n) is 19.5. The number of halogens is 1. The largest absolute Gasteiger partial charge is 0.417 e. The molecule has 1 atom stereocenters. The summed E-state index contributed by atoms with van der Waals surface area (Å²) in [6.07, 6.45) is 1.46. The lowest BCUT2D eigenvalue weighted by atomic mass is 10.1. The summed E-state index contributed by atoms with van der Waals surface area (Å²) in [7, 11) is 0. The van der Waals surface area contributed by atoms with E-state index in [9.17, 15) is 14.3 Å². The Morgan fingerprint density at radius 3 is 2.67 bits per heavy atom. The summed E-state index contributed by atoms with van der Waals surface area (Å²) >= 11 is 0. The molecule has 0 radical (unpaired) electrons. The van der Waals surface area contributed by atoms with E-state index in [2.05, 4.69) is 41.1 Å². The van der Waals surface area contributed by atoms with Crippen molar-refractivity contribution in [3.63, 3.8) is 0 Å². The van der Waals surface area contributed by atoms with Gasteiger partial charge in [0, 0.05) is 6.20 Å². The average Bonchev–Trinajstić information content (AvgIpc) is 3.51. The Balaban J connectivity index is 1.50. The van der Waals surface area contributed by atoms with Crippen molar-refractivity contribution in [1.82, 2.24) is 30.5 Å². The number of hydrogen-bond acceptors (Lipinski definition) is 10. The predicted octanol–water partition coefficient (Wildman–Crippen LogP) is 3.26. The molecule has 4 aromatic rings. The highest BCUT2D eigenvalue weighted by molar-refractivity contribution is 5.97. The van der Waals surface area contributed by atoms with Crippen molar-refractivity contribution in [2.75, 3.05) is 17.3 Å². The Morgan fingerprint density at radius 2 is 1.94 bits per heavy atom. The van der Waals surface area contributed by atoms with E-state index in [0.717, 1.165) is 5.56 Å². The minimum absolute atomic E-state index is 0.0150. The maximum Gasteiger partial charge on any atom is 0.253 e. The number of carbonyl (C=O) groups excluding carboxylic acids is 1. The minimum Gasteiger partial charge on any atom is -0.417 e. The summed E-state index contributed by atoms with van der Waals surface area (Å²) in [5.41, 5.74) is 0.842. The number of aromatic nitrogens is 5. The van der Waals surface area contributed by atoms with Gasteiger partial charge in [-0.05, 0) is 31.5 Å². The van der Waals surface area contributed by atoms with Crippen molar-refractivity contribution in [2.24, 2.45) is 0 Å². The van der Waals surface area contributed by atoms with Crippen LogP contribution in [0.25, 0.3) is 11.5 Å². The first-order valence-electron chi connectivity index (χ1n) is 11.2. The number of benzene rings is 1. The van der Waals surface area contributed by atoms with Crippen molar-refractivity contribution in [1.29, 1.82) is 0 Å². The van der Waals surface area contributed by atoms with Gasteiger partial charge in [-0.15, -0.1) is 10.2 Å². The van der Waals surface area contributed by atoms with Gasteiger partial charge >= 0.3 is 0 Å². The lowest BCUT2D eigenvalue weighted by Gasteiger charge is -2.18. The van der Waals surface area contributed by atoms with E-state index in [4.69, 9.17) is 4.42 Å². The Morgan fingerprint density at radius 1 is 1.14 bits per heavy atom. The molecule has 0 spiro atoms. The standard InChI is InChI=1S/C24H23FN8O3/c1-24(2,35)22-33-32-21(36-22)15-11-27-23(30-18-9-8-14-17(28-18)12-26-20(14)34)31-19(15)29-16(10-25)13-6-4-3-5-7-13/h3-9,11,16,35H,10,12H2,1-2H3,(H,26,34)(H2,27,28,29,30,31)/t16-/m1/s1. The van der Waals surface area contributed by atoms with Crippen LogP contribution in [0.3, 0.4) is 0 Å². The first kappa shape index (κ1) is 23.3. The van der Waals surface area contributed by atoms with Crippen molar-refractivity contribution >= 4 is 23.5 Å². The molecular weight excluding hydrogens is 467 g/mol. The van der Waals surface area contributed by atoms with Crippen LogP contribution in [-0.4, -0.2) is 42.8 Å². The second-order valence-corrected chi connectivity index (χ2v) is 8.69. The van der Waals surface area contributed by atoms with E-state index in [1.54, 1.807) is 24.3 Å². The van der Waals surface area contributed by atoms with Crippen LogP contribution in [0.2, 0.25) is 0 Å². The van der Waals surface area contributed by atoms with Gasteiger partial charge in [-0.2, -0.15) is 4.98 Å². The third-order valence-electron chi connectivity index (χ3n) is 5.51. The first-order chi connectivity index (χ1) is 17.3. The number of hydrogen-bond donors (Lipinski definition) is 4. The van der Waals surface area contributed by atoms with Crippen LogP contribution in [0.4, 0.5) is 22.0 Å². The number of alkyl halides is 1. The van der Waals surface area contributed by atoms with Gasteiger partial charge in [0.1, 0.15) is 23.9 Å². The molecule has 4 heterocycles. The van der Waals surface area contributed by atoms with Crippen LogP contribution >= 0.6 is 0 Å². The molecule has 0 saturated heterocycles. The number of nitrogens with one attached hydrogen (secondary N) is 3. The molecule has 1 amide bonds. The van der Waals surface area contributed by atoms with E-state index < -0.39 is 18.3 Å². The molecule has 1 aromatic carbocycles. The number of aliphatic hydroxyl groups is 1. The Bertz CT molecular complexity index is 1400. The summed E-state index contributed by atoms with van der Waals surface area (Å²) in [5.74, 6) is 0.769. The second-order valence-electron chi connectivity index (χ2n) is 8.69. The third kappa shape index (κ3) is 4.70. The number of carbonyl (C=O) groups is 1. The molecule has 0 aliphatic carbocycles. The van der Waals surface area contributed by atoms with Crippen molar-refractivity contribution in [3.8, 4) is 11.5 Å². The van der Waals surface area contributed by atoms with Crippen molar-refractivity contribution < 1.29 is 18.7 Å². The monoisotopic (exact) mass is 490 g/mol. The van der Waals surface area contributed by atoms with Gasteiger partial charge < -0.3 is 25.5 Å². The first-order valence-corrected chi connectivity index (χ1v) is 11.2. The molecule has 0 unspecified atom stereocenters. The maximum absolute atomic E-state index is 14.1. The van der Waals surface area contributed by atoms with Crippen LogP contribution in [0.15, 0.2) is 53.1 Å². The van der Waals surface area contributed by atoms with Crippen LogP contribution < -0.4 is 16.0 Å². The van der Waals surface area contributed by atoms with Crippen LogP contribution in [0.5, 0.6) is 0 Å². The van der Waals surface area contributed by atoms with E-state index >= 15 is 0 Å². The fraction of sp³-hybridized carbons (Fsp3) is 0.250.